The molecule has 0 atom stereocenters. The van der Waals surface area contributed by atoms with Gasteiger partial charge in [-0.2, -0.15) is 0 Å². The van der Waals surface area contributed by atoms with Gasteiger partial charge in [-0.15, -0.1) is 5.73 Å². The molecule has 0 aliphatic carbocycles. The van der Waals surface area contributed by atoms with Crippen LogP contribution in [0, 0.1) is 12.8 Å². The second kappa shape index (κ2) is 5.47. The first-order valence-electron chi connectivity index (χ1n) is 5.16. The third kappa shape index (κ3) is 4.11. The molecule has 1 aromatic rings. The number of hydrogen-bond donors (Lipinski definition) is 0. The van der Waals surface area contributed by atoms with Crippen molar-refractivity contribution < 1.29 is 0 Å². The van der Waals surface area contributed by atoms with Crippen LogP contribution in [0.2, 0.25) is 0 Å². The van der Waals surface area contributed by atoms with Crippen LogP contribution in [0.15, 0.2) is 36.1 Å². The maximum absolute atomic E-state index is 3.20. The first-order chi connectivity index (χ1) is 6.68. The fraction of sp³-hybridized carbons (Fsp3) is 0.357. The quantitative estimate of drug-likeness (QED) is 0.620. The molecule has 0 saturated carbocycles. The minimum atomic E-state index is 0.717. The summed E-state index contributed by atoms with van der Waals surface area (Å²) in [6.07, 6.45) is 5.23. The Kier molecular flexibility index (Phi) is 4.22. The largest absolute Gasteiger partial charge is 0.125 e. The van der Waals surface area contributed by atoms with Gasteiger partial charge in [-0.3, -0.25) is 0 Å². The van der Waals surface area contributed by atoms with E-state index in [0.717, 1.165) is 6.42 Å². The molecule has 0 aromatic heterocycles. The standard InChI is InChI=1S/C14H18/c1-12(2)6-4-5-7-14-10-8-13(3)9-11-14/h4,7-12H,6H2,1-3H3. The van der Waals surface area contributed by atoms with Crippen LogP contribution in [0.5, 0.6) is 0 Å². The van der Waals surface area contributed by atoms with Crippen LogP contribution < -0.4 is 0 Å². The third-order valence-corrected chi connectivity index (χ3v) is 2.03. The number of benzene rings is 1. The molecular formula is C14H18. The van der Waals surface area contributed by atoms with Gasteiger partial charge in [0, 0.05) is 0 Å². The van der Waals surface area contributed by atoms with Crippen LogP contribution in [0.3, 0.4) is 0 Å². The lowest BCUT2D eigenvalue weighted by Gasteiger charge is -1.94. The van der Waals surface area contributed by atoms with E-state index in [1.54, 1.807) is 0 Å². The van der Waals surface area contributed by atoms with Crippen molar-refractivity contribution in [3.63, 3.8) is 0 Å². The van der Waals surface area contributed by atoms with Gasteiger partial charge in [-0.05, 0) is 37.0 Å². The van der Waals surface area contributed by atoms with Crippen LogP contribution in [-0.4, -0.2) is 0 Å². The summed E-state index contributed by atoms with van der Waals surface area (Å²) in [5.74, 6) is 0.717. The Morgan fingerprint density at radius 2 is 1.86 bits per heavy atom. The fourth-order valence-electron chi connectivity index (χ4n) is 1.12. The summed E-state index contributed by atoms with van der Waals surface area (Å²) in [6.45, 7) is 6.52. The molecule has 0 unspecified atom stereocenters. The Labute approximate surface area is 87.0 Å². The maximum Gasteiger partial charge on any atom is -0.0131 e. The zero-order valence-electron chi connectivity index (χ0n) is 9.25. The molecule has 0 radical (unpaired) electrons. The van der Waals surface area contributed by atoms with Gasteiger partial charge in [0.25, 0.3) is 0 Å². The van der Waals surface area contributed by atoms with Crippen LogP contribution in [0.1, 0.15) is 31.4 Å². The average molecular weight is 186 g/mol. The highest BCUT2D eigenvalue weighted by Gasteiger charge is 1.86. The zero-order valence-corrected chi connectivity index (χ0v) is 9.25. The van der Waals surface area contributed by atoms with Crippen LogP contribution >= 0.6 is 0 Å². The predicted octanol–water partition coefficient (Wildman–Crippen LogP) is 4.21. The number of rotatable bonds is 3. The van der Waals surface area contributed by atoms with Crippen molar-refractivity contribution in [1.29, 1.82) is 0 Å². The normalized spacial score (nSPS) is 9.71. The van der Waals surface area contributed by atoms with Gasteiger partial charge in [0.05, 0.1) is 0 Å². The summed E-state index contributed by atoms with van der Waals surface area (Å²) in [5.41, 5.74) is 5.72. The summed E-state index contributed by atoms with van der Waals surface area (Å²) in [5, 5.41) is 0. The molecule has 0 heterocycles. The number of hydrogen-bond acceptors (Lipinski definition) is 0. The van der Waals surface area contributed by atoms with Gasteiger partial charge < -0.3 is 0 Å². The lowest BCUT2D eigenvalue weighted by atomic mass is 10.1. The molecule has 0 spiro atoms. The highest BCUT2D eigenvalue weighted by molar-refractivity contribution is 5.48. The van der Waals surface area contributed by atoms with E-state index in [1.807, 2.05) is 6.08 Å². The summed E-state index contributed by atoms with van der Waals surface area (Å²) in [4.78, 5) is 0. The average Bonchev–Trinajstić information content (AvgIpc) is 2.15. The first-order valence-corrected chi connectivity index (χ1v) is 5.16. The van der Waals surface area contributed by atoms with E-state index in [2.05, 4.69) is 56.8 Å². The molecular weight excluding hydrogens is 168 g/mol. The van der Waals surface area contributed by atoms with Gasteiger partial charge in [0.2, 0.25) is 0 Å². The maximum atomic E-state index is 3.20. The predicted molar refractivity (Wildman–Crippen MR) is 63.2 cm³/mol. The Balaban J connectivity index is 2.60. The second-order valence-electron chi connectivity index (χ2n) is 4.06. The van der Waals surface area contributed by atoms with Crippen LogP contribution in [-0.2, 0) is 0 Å². The highest BCUT2D eigenvalue weighted by atomic mass is 13.9. The van der Waals surface area contributed by atoms with Crippen molar-refractivity contribution >= 4 is 6.08 Å². The number of aryl methyl sites for hydroxylation is 1. The van der Waals surface area contributed by atoms with Gasteiger partial charge in [0.15, 0.2) is 0 Å². The molecule has 0 bridgehead atoms. The summed E-state index contributed by atoms with van der Waals surface area (Å²) in [7, 11) is 0. The van der Waals surface area contributed by atoms with E-state index in [4.69, 9.17) is 0 Å². The highest BCUT2D eigenvalue weighted by Crippen LogP contribution is 2.04. The molecule has 0 nitrogen and oxygen atoms in total. The summed E-state index contributed by atoms with van der Waals surface area (Å²) in [6, 6.07) is 8.48. The molecule has 0 N–H and O–H groups in total. The molecule has 1 aromatic carbocycles. The molecule has 14 heavy (non-hydrogen) atoms. The minimum Gasteiger partial charge on any atom is -0.125 e. The molecule has 0 heteroatoms. The first kappa shape index (κ1) is 10.8. The Hall–Kier alpha value is -1.26. The Bertz CT molecular complexity index is 322. The molecule has 0 aliphatic heterocycles. The van der Waals surface area contributed by atoms with Crippen molar-refractivity contribution in [3.05, 3.63) is 47.2 Å². The van der Waals surface area contributed by atoms with Gasteiger partial charge >= 0.3 is 0 Å². The molecule has 0 fully saturated rings. The van der Waals surface area contributed by atoms with Crippen LogP contribution in [0.25, 0.3) is 6.08 Å². The van der Waals surface area contributed by atoms with Gasteiger partial charge in [0.1, 0.15) is 0 Å². The van der Waals surface area contributed by atoms with E-state index in [1.165, 1.54) is 11.1 Å². The van der Waals surface area contributed by atoms with Crippen molar-refractivity contribution in [1.82, 2.24) is 0 Å². The monoisotopic (exact) mass is 186 g/mol. The van der Waals surface area contributed by atoms with E-state index < -0.39 is 0 Å². The van der Waals surface area contributed by atoms with Gasteiger partial charge in [-0.1, -0.05) is 43.7 Å². The van der Waals surface area contributed by atoms with Crippen molar-refractivity contribution in [2.24, 2.45) is 5.92 Å². The number of allylic oxidation sites excluding steroid dienone is 1. The van der Waals surface area contributed by atoms with E-state index in [9.17, 15) is 0 Å². The zero-order chi connectivity index (χ0) is 10.4. The SMILES string of the molecule is Cc1ccc(C=C=CCC(C)C)cc1. The van der Waals surface area contributed by atoms with Crippen molar-refractivity contribution in [2.45, 2.75) is 27.2 Å². The minimum absolute atomic E-state index is 0.717. The smallest absolute Gasteiger partial charge is 0.0131 e. The van der Waals surface area contributed by atoms with E-state index in [-0.39, 0.29) is 0 Å². The van der Waals surface area contributed by atoms with E-state index in [0.29, 0.717) is 5.92 Å². The molecule has 1 rings (SSSR count). The Morgan fingerprint density at radius 3 is 2.43 bits per heavy atom. The van der Waals surface area contributed by atoms with Gasteiger partial charge in [-0.25, -0.2) is 0 Å². The van der Waals surface area contributed by atoms with E-state index >= 15 is 0 Å². The van der Waals surface area contributed by atoms with Crippen LogP contribution in [0.4, 0.5) is 0 Å². The lowest BCUT2D eigenvalue weighted by molar-refractivity contribution is 0.664. The molecule has 0 saturated heterocycles. The lowest BCUT2D eigenvalue weighted by Crippen LogP contribution is -1.79. The second-order valence-corrected chi connectivity index (χ2v) is 4.06. The Morgan fingerprint density at radius 1 is 1.21 bits per heavy atom. The summed E-state index contributed by atoms with van der Waals surface area (Å²) >= 11 is 0. The molecule has 74 valence electrons. The van der Waals surface area contributed by atoms with Crippen molar-refractivity contribution in [3.8, 4) is 0 Å². The van der Waals surface area contributed by atoms with Crippen molar-refractivity contribution in [2.75, 3.05) is 0 Å². The summed E-state index contributed by atoms with van der Waals surface area (Å²) < 4.78 is 0. The molecule has 0 aliphatic rings. The fourth-order valence-corrected chi connectivity index (χ4v) is 1.12. The topological polar surface area (TPSA) is 0 Å². The third-order valence-electron chi connectivity index (χ3n) is 2.03. The molecule has 0 amide bonds.